The van der Waals surface area contributed by atoms with Crippen LogP contribution in [0.3, 0.4) is 0 Å². The summed E-state index contributed by atoms with van der Waals surface area (Å²) in [5.74, 6) is -0.628. The molecule has 0 aromatic heterocycles. The molecule has 0 radical (unpaired) electrons. The fourth-order valence-corrected chi connectivity index (χ4v) is 8.97. The lowest BCUT2D eigenvalue weighted by molar-refractivity contribution is -0.302. The topological polar surface area (TPSA) is 169 Å². The fourth-order valence-electron chi connectivity index (χ4n) is 8.97. The monoisotopic (exact) mass is 950 g/mol. The summed E-state index contributed by atoms with van der Waals surface area (Å²) in [7, 11) is 0. The molecule has 1 heterocycles. The Morgan fingerprint density at radius 1 is 0.507 bits per heavy atom. The summed E-state index contributed by atoms with van der Waals surface area (Å²) in [6.07, 6.45) is 50.0. The first kappa shape index (κ1) is 63.4. The molecule has 1 aliphatic rings. The van der Waals surface area contributed by atoms with Crippen molar-refractivity contribution in [3.8, 4) is 0 Å². The predicted molar refractivity (Wildman–Crippen MR) is 278 cm³/mol. The van der Waals surface area contributed by atoms with E-state index in [1.165, 1.54) is 173 Å². The van der Waals surface area contributed by atoms with Crippen molar-refractivity contribution in [3.05, 3.63) is 36.5 Å². The zero-order valence-electron chi connectivity index (χ0n) is 43.3. The summed E-state index contributed by atoms with van der Waals surface area (Å²) in [5.41, 5.74) is 0. The number of aliphatic hydroxyl groups excluding tert-OH is 6. The van der Waals surface area contributed by atoms with Gasteiger partial charge in [0, 0.05) is 0 Å². The normalized spacial score (nSPS) is 20.4. The van der Waals surface area contributed by atoms with Crippen LogP contribution in [0, 0.1) is 0 Å². The minimum Gasteiger partial charge on any atom is -0.394 e. The summed E-state index contributed by atoms with van der Waals surface area (Å²) in [6, 6.07) is -1.00. The Bertz CT molecular complexity index is 1160. The van der Waals surface area contributed by atoms with Crippen molar-refractivity contribution in [2.24, 2.45) is 0 Å². The molecule has 10 nitrogen and oxygen atoms in total. The smallest absolute Gasteiger partial charge is 0.249 e. The van der Waals surface area contributed by atoms with Gasteiger partial charge < -0.3 is 45.4 Å². The third-order valence-corrected chi connectivity index (χ3v) is 13.5. The van der Waals surface area contributed by atoms with Crippen molar-refractivity contribution in [3.63, 3.8) is 0 Å². The molecule has 8 atom stereocenters. The first-order valence-electron chi connectivity index (χ1n) is 28.3. The Morgan fingerprint density at radius 2 is 0.881 bits per heavy atom. The van der Waals surface area contributed by atoms with E-state index in [0.29, 0.717) is 19.3 Å². The molecule has 1 amide bonds. The van der Waals surface area contributed by atoms with E-state index < -0.39 is 61.5 Å². The molecule has 0 aliphatic carbocycles. The standard InChI is InChI=1S/C57H107NO9/c1-3-5-7-9-11-13-15-16-17-18-19-20-21-22-23-24-25-26-27-28-29-30-31-32-33-34-36-38-40-42-44-46-51(61)56(65)58-49(48-66-57-55(64)54(63)53(62)52(47-59)67-57)50(60)45-43-41-39-37-35-14-12-10-8-6-4-2/h8,10,35,37,43,45,49-55,57,59-64H,3-7,9,11-34,36,38-42,44,46-48H2,1-2H3,(H,58,65)/b10-8+,37-35+,45-43+. The van der Waals surface area contributed by atoms with E-state index in [-0.39, 0.29) is 6.61 Å². The van der Waals surface area contributed by atoms with E-state index in [0.717, 1.165) is 51.4 Å². The minimum atomic E-state index is -1.62. The van der Waals surface area contributed by atoms with Crippen molar-refractivity contribution in [2.45, 2.75) is 307 Å². The highest BCUT2D eigenvalue weighted by molar-refractivity contribution is 5.80. The van der Waals surface area contributed by atoms with Crippen LogP contribution in [0.5, 0.6) is 0 Å². The van der Waals surface area contributed by atoms with Crippen LogP contribution in [0.1, 0.15) is 258 Å². The van der Waals surface area contributed by atoms with E-state index in [1.54, 1.807) is 6.08 Å². The third kappa shape index (κ3) is 36.0. The Morgan fingerprint density at radius 3 is 1.27 bits per heavy atom. The highest BCUT2D eigenvalue weighted by Crippen LogP contribution is 2.23. The Balaban J connectivity index is 2.14. The SMILES string of the molecule is CCC/C=C/CC/C=C/CC/C=C/C(O)C(COC1OC(CO)C(O)C(O)C1O)NC(=O)C(O)CCCCCCCCCCCCCCCCCCCCCCCCCCCCCCCCC. The molecule has 1 saturated heterocycles. The van der Waals surface area contributed by atoms with Gasteiger partial charge in [-0.3, -0.25) is 4.79 Å². The second-order valence-electron chi connectivity index (χ2n) is 19.9. The summed E-state index contributed by atoms with van der Waals surface area (Å²) in [4.78, 5) is 13.1. The molecule has 67 heavy (non-hydrogen) atoms. The first-order chi connectivity index (χ1) is 32.8. The van der Waals surface area contributed by atoms with Crippen LogP contribution < -0.4 is 5.32 Å². The second kappa shape index (κ2) is 46.7. The van der Waals surface area contributed by atoms with E-state index >= 15 is 0 Å². The number of unbranched alkanes of at least 4 members (excludes halogenated alkanes) is 33. The zero-order valence-corrected chi connectivity index (χ0v) is 43.3. The number of aliphatic hydroxyl groups is 6. The van der Waals surface area contributed by atoms with Gasteiger partial charge in [0.25, 0.3) is 0 Å². The average molecular weight is 950 g/mol. The number of nitrogens with one attached hydrogen (secondary N) is 1. The molecule has 1 rings (SSSR count). The number of rotatable bonds is 48. The molecule has 0 aromatic rings. The summed E-state index contributed by atoms with van der Waals surface area (Å²) < 4.78 is 11.1. The molecule has 7 N–H and O–H groups in total. The summed E-state index contributed by atoms with van der Waals surface area (Å²) >= 11 is 0. The van der Waals surface area contributed by atoms with Gasteiger partial charge in [0.2, 0.25) is 5.91 Å². The molecule has 0 spiro atoms. The molecular weight excluding hydrogens is 843 g/mol. The average Bonchev–Trinajstić information content (AvgIpc) is 3.33. The lowest BCUT2D eigenvalue weighted by atomic mass is 9.99. The lowest BCUT2D eigenvalue weighted by Crippen LogP contribution is -2.60. The van der Waals surface area contributed by atoms with Crippen LogP contribution in [0.2, 0.25) is 0 Å². The van der Waals surface area contributed by atoms with Crippen molar-refractivity contribution >= 4 is 5.91 Å². The molecular formula is C57H107NO9. The molecule has 1 aliphatic heterocycles. The number of carbonyl (C=O) groups excluding carboxylic acids is 1. The van der Waals surface area contributed by atoms with E-state index in [9.17, 15) is 35.4 Å². The number of hydrogen-bond donors (Lipinski definition) is 7. The van der Waals surface area contributed by atoms with E-state index in [1.807, 2.05) is 6.08 Å². The highest BCUT2D eigenvalue weighted by atomic mass is 16.7. The molecule has 0 bridgehead atoms. The summed E-state index contributed by atoms with van der Waals surface area (Å²) in [5, 5.41) is 64.7. The molecule has 1 fully saturated rings. The second-order valence-corrected chi connectivity index (χ2v) is 19.9. The van der Waals surface area contributed by atoms with Gasteiger partial charge in [-0.05, 0) is 38.5 Å². The molecule has 0 aromatic carbocycles. The molecule has 8 unspecified atom stereocenters. The van der Waals surface area contributed by atoms with E-state index in [4.69, 9.17) is 9.47 Å². The quantitative estimate of drug-likeness (QED) is 0.0232. The van der Waals surface area contributed by atoms with Gasteiger partial charge in [-0.1, -0.05) is 256 Å². The van der Waals surface area contributed by atoms with Crippen LogP contribution >= 0.6 is 0 Å². The largest absolute Gasteiger partial charge is 0.394 e. The highest BCUT2D eigenvalue weighted by Gasteiger charge is 2.44. The van der Waals surface area contributed by atoms with Crippen LogP contribution in [0.15, 0.2) is 36.5 Å². The predicted octanol–water partition coefficient (Wildman–Crippen LogP) is 12.5. The Labute approximate surface area is 411 Å². The van der Waals surface area contributed by atoms with Crippen LogP contribution in [0.4, 0.5) is 0 Å². The van der Waals surface area contributed by atoms with Crippen molar-refractivity contribution in [2.75, 3.05) is 13.2 Å². The Kier molecular flexibility index (Phi) is 44.2. The van der Waals surface area contributed by atoms with Gasteiger partial charge in [-0.15, -0.1) is 0 Å². The van der Waals surface area contributed by atoms with Crippen LogP contribution in [0.25, 0.3) is 0 Å². The molecule has 10 heteroatoms. The van der Waals surface area contributed by atoms with Crippen LogP contribution in [-0.4, -0.2) is 98.7 Å². The van der Waals surface area contributed by atoms with Crippen molar-refractivity contribution in [1.82, 2.24) is 5.32 Å². The van der Waals surface area contributed by atoms with Gasteiger partial charge in [0.15, 0.2) is 6.29 Å². The van der Waals surface area contributed by atoms with Crippen molar-refractivity contribution in [1.29, 1.82) is 0 Å². The number of hydrogen-bond acceptors (Lipinski definition) is 9. The number of carbonyl (C=O) groups is 1. The zero-order chi connectivity index (χ0) is 48.8. The van der Waals surface area contributed by atoms with Gasteiger partial charge >= 0.3 is 0 Å². The fraction of sp³-hybridized carbons (Fsp3) is 0.877. The van der Waals surface area contributed by atoms with Gasteiger partial charge in [0.05, 0.1) is 25.4 Å². The number of amides is 1. The van der Waals surface area contributed by atoms with Crippen LogP contribution in [-0.2, 0) is 14.3 Å². The maximum absolute atomic E-state index is 13.1. The maximum atomic E-state index is 13.1. The number of allylic oxidation sites excluding steroid dienone is 5. The van der Waals surface area contributed by atoms with Gasteiger partial charge in [-0.2, -0.15) is 0 Å². The van der Waals surface area contributed by atoms with Gasteiger partial charge in [-0.25, -0.2) is 0 Å². The summed E-state index contributed by atoms with van der Waals surface area (Å²) in [6.45, 7) is 3.53. The van der Waals surface area contributed by atoms with Crippen molar-refractivity contribution < 1.29 is 44.9 Å². The third-order valence-electron chi connectivity index (χ3n) is 13.5. The van der Waals surface area contributed by atoms with Gasteiger partial charge in [0.1, 0.15) is 30.5 Å². The minimum absolute atomic E-state index is 0.304. The number of ether oxygens (including phenoxy) is 2. The van der Waals surface area contributed by atoms with E-state index in [2.05, 4.69) is 43.5 Å². The molecule has 0 saturated carbocycles. The molecule has 394 valence electrons. The Hall–Kier alpha value is -1.63. The lowest BCUT2D eigenvalue weighted by Gasteiger charge is -2.40. The maximum Gasteiger partial charge on any atom is 0.249 e. The first-order valence-corrected chi connectivity index (χ1v) is 28.3.